The Kier molecular flexibility index (Phi) is 3.61. The summed E-state index contributed by atoms with van der Waals surface area (Å²) >= 11 is 0. The van der Waals surface area contributed by atoms with Gasteiger partial charge in [-0.1, -0.05) is 0 Å². The molecule has 0 saturated heterocycles. The second kappa shape index (κ2) is 5.18. The Labute approximate surface area is 128 Å². The number of amides is 1. The van der Waals surface area contributed by atoms with Crippen LogP contribution in [0.4, 0.5) is 0 Å². The molecule has 21 heavy (non-hydrogen) atoms. The second-order valence-electron chi connectivity index (χ2n) is 5.65. The zero-order chi connectivity index (χ0) is 15.2. The molecule has 7 heteroatoms. The van der Waals surface area contributed by atoms with E-state index in [1.165, 1.54) is 12.1 Å². The fraction of sp³-hybridized carbons (Fsp3) is 0.500. The normalized spacial score (nSPS) is 22.3. The minimum atomic E-state index is -3.77. The van der Waals surface area contributed by atoms with E-state index in [2.05, 4.69) is 5.32 Å². The molecule has 5 nitrogen and oxygen atoms in total. The molecule has 1 heterocycles. The molecule has 2 atom stereocenters. The summed E-state index contributed by atoms with van der Waals surface area (Å²) in [6, 6.07) is 4.55. The van der Waals surface area contributed by atoms with Crippen LogP contribution in [0.5, 0.6) is 5.75 Å². The quantitative estimate of drug-likeness (QED) is 0.855. The van der Waals surface area contributed by atoms with Crippen LogP contribution >= 0.6 is 10.7 Å². The Morgan fingerprint density at radius 3 is 2.76 bits per heavy atom. The summed E-state index contributed by atoms with van der Waals surface area (Å²) < 4.78 is 28.2. The smallest absolute Gasteiger partial charge is 0.261 e. The molecular formula is C14H16ClNO4S. The highest BCUT2D eigenvalue weighted by molar-refractivity contribution is 8.13. The van der Waals surface area contributed by atoms with E-state index >= 15 is 0 Å². The number of benzene rings is 1. The lowest BCUT2D eigenvalue weighted by Gasteiger charge is -2.16. The number of nitrogens with one attached hydrogen (secondary N) is 1. The number of hydrogen-bond acceptors (Lipinski definition) is 4. The van der Waals surface area contributed by atoms with Gasteiger partial charge in [-0.15, -0.1) is 0 Å². The van der Waals surface area contributed by atoms with Gasteiger partial charge in [0.25, 0.3) is 15.0 Å². The SMILES string of the molecule is CC(NC(=O)C1Cc2cc(S(=O)(=O)Cl)ccc2O1)C1CC1. The lowest BCUT2D eigenvalue weighted by molar-refractivity contribution is -0.128. The van der Waals surface area contributed by atoms with E-state index in [0.717, 1.165) is 12.8 Å². The summed E-state index contributed by atoms with van der Waals surface area (Å²) in [5.41, 5.74) is 0.691. The maximum absolute atomic E-state index is 12.2. The largest absolute Gasteiger partial charge is 0.480 e. The summed E-state index contributed by atoms with van der Waals surface area (Å²) in [4.78, 5) is 12.2. The molecule has 0 spiro atoms. The number of ether oxygens (including phenoxy) is 1. The molecule has 114 valence electrons. The van der Waals surface area contributed by atoms with Gasteiger partial charge >= 0.3 is 0 Å². The third-order valence-corrected chi connectivity index (χ3v) is 5.33. The fourth-order valence-electron chi connectivity index (χ4n) is 2.55. The van der Waals surface area contributed by atoms with Gasteiger partial charge in [-0.2, -0.15) is 0 Å². The molecule has 1 aromatic rings. The molecule has 1 N–H and O–H groups in total. The number of rotatable bonds is 4. The first kappa shape index (κ1) is 14.7. The summed E-state index contributed by atoms with van der Waals surface area (Å²) in [7, 11) is 1.55. The zero-order valence-corrected chi connectivity index (χ0v) is 13.1. The first-order valence-electron chi connectivity index (χ1n) is 6.89. The van der Waals surface area contributed by atoms with Gasteiger partial charge in [0.2, 0.25) is 0 Å². The van der Waals surface area contributed by atoms with Crippen molar-refractivity contribution in [2.24, 2.45) is 5.92 Å². The van der Waals surface area contributed by atoms with Crippen LogP contribution in [0.25, 0.3) is 0 Å². The second-order valence-corrected chi connectivity index (χ2v) is 8.22. The van der Waals surface area contributed by atoms with Crippen molar-refractivity contribution in [3.63, 3.8) is 0 Å². The Balaban J connectivity index is 1.70. The lowest BCUT2D eigenvalue weighted by atomic mass is 10.1. The number of carbonyl (C=O) groups excluding carboxylic acids is 1. The molecule has 0 radical (unpaired) electrons. The van der Waals surface area contributed by atoms with Crippen LogP contribution in [0.3, 0.4) is 0 Å². The Morgan fingerprint density at radius 2 is 2.14 bits per heavy atom. The third kappa shape index (κ3) is 3.16. The summed E-state index contributed by atoms with van der Waals surface area (Å²) in [5, 5.41) is 2.96. The monoisotopic (exact) mass is 329 g/mol. The van der Waals surface area contributed by atoms with E-state index in [4.69, 9.17) is 15.4 Å². The molecule has 1 aliphatic heterocycles. The number of fused-ring (bicyclic) bond motifs is 1. The summed E-state index contributed by atoms with van der Waals surface area (Å²) in [6.07, 6.45) is 2.07. The Hall–Kier alpha value is -1.27. The molecule has 1 aromatic carbocycles. The molecule has 1 amide bonds. The zero-order valence-electron chi connectivity index (χ0n) is 11.5. The van der Waals surface area contributed by atoms with Crippen LogP contribution in [-0.2, 0) is 20.3 Å². The maximum atomic E-state index is 12.2. The highest BCUT2D eigenvalue weighted by Crippen LogP contribution is 2.34. The van der Waals surface area contributed by atoms with E-state index in [1.54, 1.807) is 6.07 Å². The topological polar surface area (TPSA) is 72.5 Å². The van der Waals surface area contributed by atoms with Gasteiger partial charge in [-0.25, -0.2) is 8.42 Å². The molecule has 1 saturated carbocycles. The van der Waals surface area contributed by atoms with Crippen LogP contribution in [0.2, 0.25) is 0 Å². The highest BCUT2D eigenvalue weighted by atomic mass is 35.7. The molecule has 0 bridgehead atoms. The van der Waals surface area contributed by atoms with Crippen LogP contribution in [0, 0.1) is 5.92 Å². The van der Waals surface area contributed by atoms with Gasteiger partial charge in [0, 0.05) is 23.1 Å². The van der Waals surface area contributed by atoms with Crippen LogP contribution in [0.1, 0.15) is 25.3 Å². The van der Waals surface area contributed by atoms with Crippen LogP contribution < -0.4 is 10.1 Å². The molecule has 1 aliphatic carbocycles. The highest BCUT2D eigenvalue weighted by Gasteiger charge is 2.34. The maximum Gasteiger partial charge on any atom is 0.261 e. The van der Waals surface area contributed by atoms with Crippen molar-refractivity contribution in [3.8, 4) is 5.75 Å². The molecule has 2 aliphatic rings. The van der Waals surface area contributed by atoms with E-state index in [0.29, 0.717) is 23.7 Å². The molecular weight excluding hydrogens is 314 g/mol. The number of hydrogen-bond donors (Lipinski definition) is 1. The van der Waals surface area contributed by atoms with E-state index in [1.807, 2.05) is 6.92 Å². The standard InChI is InChI=1S/C14H16ClNO4S/c1-8(9-2-3-9)16-14(17)13-7-10-6-11(21(15,18)19)4-5-12(10)20-13/h4-6,8-9,13H,2-3,7H2,1H3,(H,16,17). The summed E-state index contributed by atoms with van der Waals surface area (Å²) in [5.74, 6) is 0.963. The van der Waals surface area contributed by atoms with Gasteiger partial charge in [0.05, 0.1) is 4.90 Å². The predicted octanol–water partition coefficient (Wildman–Crippen LogP) is 1.83. The summed E-state index contributed by atoms with van der Waals surface area (Å²) in [6.45, 7) is 2.00. The van der Waals surface area contributed by atoms with Crippen molar-refractivity contribution in [3.05, 3.63) is 23.8 Å². The molecule has 2 unspecified atom stereocenters. The van der Waals surface area contributed by atoms with Crippen molar-refractivity contribution in [1.82, 2.24) is 5.32 Å². The minimum absolute atomic E-state index is 0.0268. The predicted molar refractivity (Wildman–Crippen MR) is 77.9 cm³/mol. The number of carbonyl (C=O) groups is 1. The molecule has 1 fully saturated rings. The van der Waals surface area contributed by atoms with Crippen molar-refractivity contribution in [2.45, 2.75) is 43.2 Å². The first-order chi connectivity index (χ1) is 9.84. The van der Waals surface area contributed by atoms with E-state index < -0.39 is 15.2 Å². The third-order valence-electron chi connectivity index (χ3n) is 3.98. The van der Waals surface area contributed by atoms with Gasteiger partial charge < -0.3 is 10.1 Å². The first-order valence-corrected chi connectivity index (χ1v) is 9.20. The van der Waals surface area contributed by atoms with Gasteiger partial charge in [0.1, 0.15) is 5.75 Å². The van der Waals surface area contributed by atoms with Crippen molar-refractivity contribution < 1.29 is 17.9 Å². The Bertz CT molecular complexity index is 684. The average Bonchev–Trinajstić information content (AvgIpc) is 3.16. The van der Waals surface area contributed by atoms with Gasteiger partial charge in [-0.05, 0) is 49.4 Å². The van der Waals surface area contributed by atoms with E-state index in [-0.39, 0.29) is 16.8 Å². The van der Waals surface area contributed by atoms with Crippen molar-refractivity contribution in [1.29, 1.82) is 0 Å². The fourth-order valence-corrected chi connectivity index (χ4v) is 3.36. The van der Waals surface area contributed by atoms with Gasteiger partial charge in [-0.3, -0.25) is 4.79 Å². The number of halogens is 1. The van der Waals surface area contributed by atoms with Crippen LogP contribution in [-0.4, -0.2) is 26.5 Å². The van der Waals surface area contributed by atoms with Gasteiger partial charge in [0.15, 0.2) is 6.10 Å². The van der Waals surface area contributed by atoms with E-state index in [9.17, 15) is 13.2 Å². The molecule has 3 rings (SSSR count). The lowest BCUT2D eigenvalue weighted by Crippen LogP contribution is -2.42. The Morgan fingerprint density at radius 1 is 1.43 bits per heavy atom. The minimum Gasteiger partial charge on any atom is -0.480 e. The van der Waals surface area contributed by atoms with Crippen LogP contribution in [0.15, 0.2) is 23.1 Å². The van der Waals surface area contributed by atoms with Crippen molar-refractivity contribution >= 4 is 25.6 Å². The average molecular weight is 330 g/mol. The van der Waals surface area contributed by atoms with Crippen molar-refractivity contribution in [2.75, 3.05) is 0 Å². The molecule has 0 aromatic heterocycles.